The number of carbonyl (C=O) groups is 1. The summed E-state index contributed by atoms with van der Waals surface area (Å²) >= 11 is 0. The van der Waals surface area contributed by atoms with Crippen molar-refractivity contribution in [2.24, 2.45) is 11.8 Å². The Morgan fingerprint density at radius 1 is 1.16 bits per heavy atom. The van der Waals surface area contributed by atoms with Crippen LogP contribution in [0.25, 0.3) is 0 Å². The molecule has 0 saturated heterocycles. The lowest BCUT2D eigenvalue weighted by Gasteiger charge is -2.14. The summed E-state index contributed by atoms with van der Waals surface area (Å²) in [4.78, 5) is 9.57. The number of hydrogen-bond donors (Lipinski definition) is 1. The fourth-order valence-corrected chi connectivity index (χ4v) is 1.56. The molecule has 19 heavy (non-hydrogen) atoms. The fourth-order valence-electron chi connectivity index (χ4n) is 1.56. The average Bonchev–Trinajstić information content (AvgIpc) is 2.41. The van der Waals surface area contributed by atoms with E-state index in [2.05, 4.69) is 63.3 Å². The number of benzene rings is 1. The van der Waals surface area contributed by atoms with E-state index in [1.54, 1.807) is 0 Å². The number of amides is 1. The highest BCUT2D eigenvalue weighted by Crippen LogP contribution is 2.15. The number of hydrogen-bond acceptors (Lipinski definition) is 1. The first-order chi connectivity index (χ1) is 9.11. The van der Waals surface area contributed by atoms with Gasteiger partial charge in [0.25, 0.3) is 0 Å². The summed E-state index contributed by atoms with van der Waals surface area (Å²) in [6.07, 6.45) is 4.16. The van der Waals surface area contributed by atoms with Gasteiger partial charge in [-0.2, -0.15) is 0 Å². The number of unbranched alkanes of at least 4 members (excludes halogenated alkanes) is 1. The van der Waals surface area contributed by atoms with Gasteiger partial charge in [-0.3, -0.25) is 4.79 Å². The van der Waals surface area contributed by atoms with Gasteiger partial charge in [0.1, 0.15) is 0 Å². The highest BCUT2D eigenvalue weighted by molar-refractivity contribution is 5.45. The molecule has 0 spiro atoms. The topological polar surface area (TPSA) is 29.1 Å². The van der Waals surface area contributed by atoms with E-state index >= 15 is 0 Å². The van der Waals surface area contributed by atoms with E-state index in [0.29, 0.717) is 0 Å². The molecule has 0 aromatic heterocycles. The molecule has 0 bridgehead atoms. The SMILES string of the molecule is CC(C)C(C)Cc1ccccc1.CCCCNC=O. The third-order valence-electron chi connectivity index (χ3n) is 3.30. The second-order valence-electron chi connectivity index (χ2n) is 5.34. The zero-order chi connectivity index (χ0) is 14.5. The standard InChI is InChI=1S/C12H18.C5H11NO/c1-10(2)11(3)9-12-7-5-4-6-8-12;1-2-3-4-6-5-7/h4-8,10-11H,9H2,1-3H3;5H,2-4H2,1H3,(H,6,7). The molecule has 2 nitrogen and oxygen atoms in total. The van der Waals surface area contributed by atoms with Gasteiger partial charge in [-0.15, -0.1) is 0 Å². The maximum Gasteiger partial charge on any atom is 0.207 e. The normalized spacial score (nSPS) is 11.4. The van der Waals surface area contributed by atoms with E-state index in [4.69, 9.17) is 0 Å². The smallest absolute Gasteiger partial charge is 0.207 e. The lowest BCUT2D eigenvalue weighted by molar-refractivity contribution is -0.109. The van der Waals surface area contributed by atoms with Crippen molar-refractivity contribution in [3.05, 3.63) is 35.9 Å². The monoisotopic (exact) mass is 263 g/mol. The van der Waals surface area contributed by atoms with Crippen LogP contribution in [0.15, 0.2) is 30.3 Å². The van der Waals surface area contributed by atoms with Crippen molar-refractivity contribution in [1.29, 1.82) is 0 Å². The molecule has 0 heterocycles. The number of carbonyl (C=O) groups excluding carboxylic acids is 1. The Bertz CT molecular complexity index is 308. The van der Waals surface area contributed by atoms with Gasteiger partial charge in [0.05, 0.1) is 0 Å². The van der Waals surface area contributed by atoms with Crippen LogP contribution in [0.2, 0.25) is 0 Å². The summed E-state index contributed by atoms with van der Waals surface area (Å²) in [6, 6.07) is 10.7. The molecule has 0 aliphatic carbocycles. The van der Waals surface area contributed by atoms with Crippen molar-refractivity contribution < 1.29 is 4.79 Å². The summed E-state index contributed by atoms with van der Waals surface area (Å²) in [7, 11) is 0. The van der Waals surface area contributed by atoms with E-state index < -0.39 is 0 Å². The highest BCUT2D eigenvalue weighted by atomic mass is 16.1. The number of nitrogens with one attached hydrogen (secondary N) is 1. The lowest BCUT2D eigenvalue weighted by atomic mass is 9.91. The summed E-state index contributed by atoms with van der Waals surface area (Å²) in [6.45, 7) is 9.80. The van der Waals surface area contributed by atoms with Gasteiger partial charge in [0.15, 0.2) is 0 Å². The van der Waals surface area contributed by atoms with E-state index in [1.807, 2.05) is 0 Å². The predicted molar refractivity (Wildman–Crippen MR) is 83.1 cm³/mol. The van der Waals surface area contributed by atoms with Crippen LogP contribution in [0, 0.1) is 11.8 Å². The van der Waals surface area contributed by atoms with Crippen molar-refractivity contribution in [3.8, 4) is 0 Å². The molecule has 1 N–H and O–H groups in total. The van der Waals surface area contributed by atoms with Crippen LogP contribution < -0.4 is 5.32 Å². The minimum absolute atomic E-state index is 0.732. The minimum Gasteiger partial charge on any atom is -0.359 e. The van der Waals surface area contributed by atoms with Crippen molar-refractivity contribution in [2.45, 2.75) is 47.0 Å². The summed E-state index contributed by atoms with van der Waals surface area (Å²) < 4.78 is 0. The third kappa shape index (κ3) is 10.3. The van der Waals surface area contributed by atoms with E-state index in [-0.39, 0.29) is 0 Å². The second kappa shape index (κ2) is 11.8. The molecule has 0 fully saturated rings. The van der Waals surface area contributed by atoms with Crippen LogP contribution in [0.3, 0.4) is 0 Å². The van der Waals surface area contributed by atoms with Gasteiger partial charge in [-0.25, -0.2) is 0 Å². The van der Waals surface area contributed by atoms with Gasteiger partial charge in [-0.1, -0.05) is 64.4 Å². The summed E-state index contributed by atoms with van der Waals surface area (Å²) in [5, 5.41) is 2.57. The zero-order valence-electron chi connectivity index (χ0n) is 12.9. The molecule has 1 amide bonds. The van der Waals surface area contributed by atoms with Gasteiger partial charge < -0.3 is 5.32 Å². The Morgan fingerprint density at radius 2 is 1.79 bits per heavy atom. The molecule has 1 aromatic rings. The lowest BCUT2D eigenvalue weighted by Crippen LogP contribution is -2.11. The van der Waals surface area contributed by atoms with Crippen LogP contribution in [0.1, 0.15) is 46.1 Å². The molecule has 2 heteroatoms. The van der Waals surface area contributed by atoms with E-state index in [9.17, 15) is 4.79 Å². The first-order valence-electron chi connectivity index (χ1n) is 7.32. The van der Waals surface area contributed by atoms with Crippen molar-refractivity contribution >= 4 is 6.41 Å². The Morgan fingerprint density at radius 3 is 2.26 bits per heavy atom. The van der Waals surface area contributed by atoms with Crippen LogP contribution >= 0.6 is 0 Å². The third-order valence-corrected chi connectivity index (χ3v) is 3.30. The number of rotatable bonds is 7. The zero-order valence-corrected chi connectivity index (χ0v) is 12.9. The van der Waals surface area contributed by atoms with Gasteiger partial charge in [0.2, 0.25) is 6.41 Å². The molecule has 0 aliphatic heterocycles. The van der Waals surface area contributed by atoms with Crippen LogP contribution in [0.4, 0.5) is 0 Å². The molecule has 1 atom stereocenters. The average molecular weight is 263 g/mol. The van der Waals surface area contributed by atoms with E-state index in [1.165, 1.54) is 12.0 Å². The Balaban J connectivity index is 0.000000399. The molecular formula is C17H29NO. The Kier molecular flexibility index (Phi) is 11.0. The first kappa shape index (κ1) is 17.7. The minimum atomic E-state index is 0.732. The molecule has 0 aliphatic rings. The Labute approximate surface area is 118 Å². The molecule has 0 radical (unpaired) electrons. The molecular weight excluding hydrogens is 234 g/mol. The van der Waals surface area contributed by atoms with E-state index in [0.717, 1.165) is 37.6 Å². The molecule has 0 saturated carbocycles. The van der Waals surface area contributed by atoms with Gasteiger partial charge in [-0.05, 0) is 30.2 Å². The van der Waals surface area contributed by atoms with Crippen LogP contribution in [-0.4, -0.2) is 13.0 Å². The quantitative estimate of drug-likeness (QED) is 0.583. The highest BCUT2D eigenvalue weighted by Gasteiger charge is 2.06. The van der Waals surface area contributed by atoms with Gasteiger partial charge >= 0.3 is 0 Å². The molecule has 1 aromatic carbocycles. The summed E-state index contributed by atoms with van der Waals surface area (Å²) in [5.41, 5.74) is 1.46. The largest absolute Gasteiger partial charge is 0.359 e. The van der Waals surface area contributed by atoms with Crippen LogP contribution in [-0.2, 0) is 11.2 Å². The maximum absolute atomic E-state index is 9.57. The van der Waals surface area contributed by atoms with Crippen LogP contribution in [0.5, 0.6) is 0 Å². The Hall–Kier alpha value is -1.31. The molecule has 1 unspecified atom stereocenters. The fraction of sp³-hybridized carbons (Fsp3) is 0.588. The second-order valence-corrected chi connectivity index (χ2v) is 5.34. The molecule has 1 rings (SSSR count). The first-order valence-corrected chi connectivity index (χ1v) is 7.32. The molecule has 108 valence electrons. The van der Waals surface area contributed by atoms with Crippen molar-refractivity contribution in [1.82, 2.24) is 5.32 Å². The van der Waals surface area contributed by atoms with Crippen molar-refractivity contribution in [3.63, 3.8) is 0 Å². The predicted octanol–water partition coefficient (Wildman–Crippen LogP) is 4.05. The maximum atomic E-state index is 9.57. The van der Waals surface area contributed by atoms with Gasteiger partial charge in [0, 0.05) is 6.54 Å². The summed E-state index contributed by atoms with van der Waals surface area (Å²) in [5.74, 6) is 1.57. The van der Waals surface area contributed by atoms with Crippen molar-refractivity contribution in [2.75, 3.05) is 6.54 Å².